The Morgan fingerprint density at radius 1 is 1.30 bits per heavy atom. The van der Waals surface area contributed by atoms with E-state index in [0.29, 0.717) is 32.8 Å². The summed E-state index contributed by atoms with van der Waals surface area (Å²) < 4.78 is 3.96. The Kier molecular flexibility index (Phi) is 5.69. The van der Waals surface area contributed by atoms with Crippen molar-refractivity contribution < 1.29 is 4.79 Å². The summed E-state index contributed by atoms with van der Waals surface area (Å²) in [6.45, 7) is 3.32. The number of hydrogen-bond donors (Lipinski definition) is 1. The third-order valence-electron chi connectivity index (χ3n) is 4.79. The highest BCUT2D eigenvalue weighted by molar-refractivity contribution is 8.26. The summed E-state index contributed by atoms with van der Waals surface area (Å²) in [6.07, 6.45) is 9.50. The minimum absolute atomic E-state index is 0.218. The number of likely N-dealkylation sites (N-methyl/N-ethyl adjacent to an activating group) is 1. The van der Waals surface area contributed by atoms with Gasteiger partial charge in [-0.25, -0.2) is 9.97 Å². The predicted molar refractivity (Wildman–Crippen MR) is 122 cm³/mol. The van der Waals surface area contributed by atoms with Crippen molar-refractivity contribution in [2.45, 2.75) is 19.9 Å². The zero-order valence-corrected chi connectivity index (χ0v) is 18.2. The first kappa shape index (κ1) is 20.3. The molecule has 0 radical (unpaired) electrons. The summed E-state index contributed by atoms with van der Waals surface area (Å²) in [5.74, 6) is 0.242. The van der Waals surface area contributed by atoms with Crippen molar-refractivity contribution in [1.82, 2.24) is 23.8 Å². The Balaban J connectivity index is 1.70. The Morgan fingerprint density at radius 2 is 2.13 bits per heavy atom. The molecule has 1 N–H and O–H groups in total. The number of nitrogens with one attached hydrogen (secondary N) is 1. The number of carbonyl (C=O) groups is 1. The first-order chi connectivity index (χ1) is 14.5. The van der Waals surface area contributed by atoms with Crippen LogP contribution < -0.4 is 10.9 Å². The molecule has 0 aliphatic carbocycles. The Morgan fingerprint density at radius 3 is 2.83 bits per heavy atom. The number of imidazole rings is 1. The van der Waals surface area contributed by atoms with Crippen molar-refractivity contribution in [3.63, 3.8) is 0 Å². The molecule has 3 aromatic rings. The van der Waals surface area contributed by atoms with E-state index in [9.17, 15) is 9.59 Å². The lowest BCUT2D eigenvalue weighted by Crippen LogP contribution is -2.23. The van der Waals surface area contributed by atoms with Gasteiger partial charge in [0.1, 0.15) is 15.8 Å². The summed E-state index contributed by atoms with van der Waals surface area (Å²) in [5.41, 5.74) is 1.58. The number of pyridine rings is 1. The number of anilines is 1. The number of amides is 1. The number of thioether (sulfide) groups is 1. The lowest BCUT2D eigenvalue weighted by atomic mass is 10.2. The molecule has 4 heterocycles. The molecule has 3 aromatic heterocycles. The average molecular weight is 441 g/mol. The van der Waals surface area contributed by atoms with E-state index in [-0.39, 0.29) is 11.5 Å². The molecule has 1 saturated heterocycles. The normalized spacial score (nSPS) is 15.5. The van der Waals surface area contributed by atoms with E-state index >= 15 is 0 Å². The second-order valence-corrected chi connectivity index (χ2v) is 8.56. The molecule has 0 spiro atoms. The van der Waals surface area contributed by atoms with Gasteiger partial charge in [0, 0.05) is 38.7 Å². The molecule has 0 aromatic carbocycles. The molecule has 0 saturated carbocycles. The Hall–Kier alpha value is -2.98. The number of rotatable bonds is 6. The maximum absolute atomic E-state index is 13.2. The van der Waals surface area contributed by atoms with Gasteiger partial charge in [0.25, 0.3) is 11.5 Å². The highest BCUT2D eigenvalue weighted by Crippen LogP contribution is 2.31. The fourth-order valence-electron chi connectivity index (χ4n) is 3.14. The van der Waals surface area contributed by atoms with E-state index in [1.54, 1.807) is 37.9 Å². The summed E-state index contributed by atoms with van der Waals surface area (Å²) >= 11 is 6.39. The summed E-state index contributed by atoms with van der Waals surface area (Å²) in [5, 5.41) is 3.28. The zero-order valence-electron chi connectivity index (χ0n) is 16.5. The van der Waals surface area contributed by atoms with Crippen LogP contribution in [-0.2, 0) is 11.3 Å². The smallest absolute Gasteiger partial charge is 0.267 e. The van der Waals surface area contributed by atoms with Crippen LogP contribution in [0.2, 0.25) is 0 Å². The van der Waals surface area contributed by atoms with E-state index in [1.807, 2.05) is 23.8 Å². The highest BCUT2D eigenvalue weighted by atomic mass is 32.2. The van der Waals surface area contributed by atoms with Crippen molar-refractivity contribution in [1.29, 1.82) is 0 Å². The van der Waals surface area contributed by atoms with Gasteiger partial charge in [0.2, 0.25) is 0 Å². The van der Waals surface area contributed by atoms with Crippen LogP contribution in [0.25, 0.3) is 11.7 Å². The monoisotopic (exact) mass is 440 g/mol. The maximum atomic E-state index is 13.2. The molecule has 0 bridgehead atoms. The fraction of sp³-hybridized carbons (Fsp3) is 0.250. The number of hydrogen-bond acceptors (Lipinski definition) is 7. The third kappa shape index (κ3) is 3.88. The molecule has 1 aliphatic rings. The Bertz CT molecular complexity index is 1220. The number of aromatic nitrogens is 4. The molecule has 1 fully saturated rings. The molecule has 0 unspecified atom stereocenters. The van der Waals surface area contributed by atoms with Gasteiger partial charge in [0.05, 0.1) is 16.8 Å². The van der Waals surface area contributed by atoms with Crippen molar-refractivity contribution in [2.24, 2.45) is 0 Å². The summed E-state index contributed by atoms with van der Waals surface area (Å²) in [4.78, 5) is 36.2. The van der Waals surface area contributed by atoms with E-state index in [1.165, 1.54) is 21.1 Å². The van der Waals surface area contributed by atoms with Crippen LogP contribution in [0, 0.1) is 6.92 Å². The van der Waals surface area contributed by atoms with Crippen LogP contribution in [0.1, 0.15) is 17.5 Å². The average Bonchev–Trinajstić information content (AvgIpc) is 3.33. The largest absolute Gasteiger partial charge is 0.369 e. The van der Waals surface area contributed by atoms with E-state index in [2.05, 4.69) is 10.3 Å². The number of aryl methyl sites for hydroxylation is 2. The lowest BCUT2D eigenvalue weighted by Gasteiger charge is -2.12. The summed E-state index contributed by atoms with van der Waals surface area (Å²) in [6, 6.07) is 3.71. The maximum Gasteiger partial charge on any atom is 0.267 e. The van der Waals surface area contributed by atoms with Crippen molar-refractivity contribution in [3.05, 3.63) is 63.4 Å². The number of nitrogens with zero attached hydrogens (tertiary/aromatic N) is 5. The van der Waals surface area contributed by atoms with Crippen molar-refractivity contribution >= 4 is 51.7 Å². The third-order valence-corrected chi connectivity index (χ3v) is 6.28. The summed E-state index contributed by atoms with van der Waals surface area (Å²) in [7, 11) is 1.63. The van der Waals surface area contributed by atoms with Gasteiger partial charge in [-0.2, -0.15) is 0 Å². The Labute approximate surface area is 182 Å². The van der Waals surface area contributed by atoms with Crippen LogP contribution >= 0.6 is 24.0 Å². The van der Waals surface area contributed by atoms with Gasteiger partial charge in [0.15, 0.2) is 0 Å². The van der Waals surface area contributed by atoms with Crippen molar-refractivity contribution in [2.75, 3.05) is 18.9 Å². The van der Waals surface area contributed by atoms with Gasteiger partial charge in [-0.1, -0.05) is 30.0 Å². The second kappa shape index (κ2) is 8.41. The van der Waals surface area contributed by atoms with E-state index in [4.69, 9.17) is 17.2 Å². The molecule has 8 nitrogen and oxygen atoms in total. The van der Waals surface area contributed by atoms with Crippen LogP contribution in [0.15, 0.2) is 46.8 Å². The second-order valence-electron chi connectivity index (χ2n) is 6.89. The van der Waals surface area contributed by atoms with Gasteiger partial charge in [-0.3, -0.25) is 18.9 Å². The van der Waals surface area contributed by atoms with E-state index < -0.39 is 0 Å². The topological polar surface area (TPSA) is 84.5 Å². The van der Waals surface area contributed by atoms with Crippen LogP contribution in [0.3, 0.4) is 0 Å². The predicted octanol–water partition coefficient (Wildman–Crippen LogP) is 2.53. The molecule has 30 heavy (non-hydrogen) atoms. The van der Waals surface area contributed by atoms with Gasteiger partial charge < -0.3 is 9.88 Å². The molecule has 1 aliphatic heterocycles. The zero-order chi connectivity index (χ0) is 21.3. The molecular weight excluding hydrogens is 420 g/mol. The quantitative estimate of drug-likeness (QED) is 0.358. The van der Waals surface area contributed by atoms with Crippen LogP contribution in [0.5, 0.6) is 0 Å². The molecular formula is C20H20N6O2S2. The SMILES string of the molecule is Cc1cccn2c(=O)c(C=C3SC(=S)N(C)C3=O)c(NCCCn3ccnc3)nc12. The molecule has 154 valence electrons. The minimum atomic E-state index is -0.234. The lowest BCUT2D eigenvalue weighted by molar-refractivity contribution is -0.121. The fourth-order valence-corrected chi connectivity index (χ4v) is 4.30. The van der Waals surface area contributed by atoms with Gasteiger partial charge in [-0.05, 0) is 31.1 Å². The first-order valence-corrected chi connectivity index (χ1v) is 10.6. The van der Waals surface area contributed by atoms with Crippen molar-refractivity contribution in [3.8, 4) is 0 Å². The molecule has 0 atom stereocenters. The number of carbonyl (C=O) groups excluding carboxylic acids is 1. The molecule has 4 rings (SSSR count). The first-order valence-electron chi connectivity index (χ1n) is 9.39. The van der Waals surface area contributed by atoms with Crippen LogP contribution in [0.4, 0.5) is 5.82 Å². The van der Waals surface area contributed by atoms with E-state index in [0.717, 1.165) is 18.5 Å². The number of thiocarbonyl (C=S) groups is 1. The number of fused-ring (bicyclic) bond motifs is 1. The highest BCUT2D eigenvalue weighted by Gasteiger charge is 2.29. The minimum Gasteiger partial charge on any atom is -0.369 e. The molecule has 10 heteroatoms. The van der Waals surface area contributed by atoms with Gasteiger partial charge in [-0.15, -0.1) is 0 Å². The van der Waals surface area contributed by atoms with Crippen LogP contribution in [-0.4, -0.2) is 47.7 Å². The van der Waals surface area contributed by atoms with Gasteiger partial charge >= 0.3 is 0 Å². The standard InChI is InChI=1S/C20H20N6O2S2/c1-13-5-3-9-26-17(13)23-16(22-6-4-8-25-10-7-21-12-25)14(18(26)27)11-15-19(28)24(2)20(29)30-15/h3,5,7,9-12,22H,4,6,8H2,1-2H3. The molecule has 1 amide bonds.